The van der Waals surface area contributed by atoms with E-state index in [-0.39, 0.29) is 5.69 Å². The molecule has 1 rings (SSSR count). The van der Waals surface area contributed by atoms with Crippen LogP contribution in [0.15, 0.2) is 4.79 Å². The Morgan fingerprint density at radius 1 is 1.38 bits per heavy atom. The summed E-state index contributed by atoms with van der Waals surface area (Å²) in [5, 5.41) is 0. The van der Waals surface area contributed by atoms with Crippen molar-refractivity contribution >= 4 is 17.1 Å². The number of H-pyrrole nitrogens is 2. The predicted molar refractivity (Wildman–Crippen MR) is 57.4 cm³/mol. The Morgan fingerprint density at radius 2 is 2.08 bits per heavy atom. The van der Waals surface area contributed by atoms with Crippen LogP contribution in [0.2, 0.25) is 0 Å². The standard InChI is InChI=1S/C9H14N2OS/c1-3-5-7(13)8-6(4-2)10-9(12)11-8/h3-5H2,1-2H3,(H2,10,11,12). The second kappa shape index (κ2) is 4.37. The van der Waals surface area contributed by atoms with E-state index in [0.29, 0.717) is 0 Å². The highest BCUT2D eigenvalue weighted by molar-refractivity contribution is 7.80. The Balaban J connectivity index is 2.98. The Morgan fingerprint density at radius 3 is 2.62 bits per heavy atom. The van der Waals surface area contributed by atoms with E-state index < -0.39 is 0 Å². The van der Waals surface area contributed by atoms with Gasteiger partial charge in [-0.1, -0.05) is 32.5 Å². The molecule has 0 aliphatic rings. The summed E-state index contributed by atoms with van der Waals surface area (Å²) in [6.45, 7) is 4.07. The maximum Gasteiger partial charge on any atom is 0.323 e. The third kappa shape index (κ3) is 2.28. The molecule has 0 saturated carbocycles. The minimum atomic E-state index is -0.162. The van der Waals surface area contributed by atoms with Gasteiger partial charge >= 0.3 is 5.69 Å². The molecular formula is C9H14N2OS. The molecule has 4 heteroatoms. The Kier molecular flexibility index (Phi) is 3.42. The number of rotatable bonds is 4. The quantitative estimate of drug-likeness (QED) is 0.572. The number of nitrogens with one attached hydrogen (secondary N) is 2. The summed E-state index contributed by atoms with van der Waals surface area (Å²) in [4.78, 5) is 17.3. The zero-order valence-corrected chi connectivity index (χ0v) is 8.75. The van der Waals surface area contributed by atoms with E-state index in [9.17, 15) is 4.79 Å². The van der Waals surface area contributed by atoms with Gasteiger partial charge < -0.3 is 9.97 Å². The van der Waals surface area contributed by atoms with Gasteiger partial charge in [0.2, 0.25) is 0 Å². The highest BCUT2D eigenvalue weighted by Crippen LogP contribution is 2.07. The highest BCUT2D eigenvalue weighted by Gasteiger charge is 2.08. The Hall–Kier alpha value is -0.900. The van der Waals surface area contributed by atoms with E-state index in [1.54, 1.807) is 0 Å². The molecule has 0 unspecified atom stereocenters. The zero-order valence-electron chi connectivity index (χ0n) is 7.94. The van der Waals surface area contributed by atoms with Crippen LogP contribution in [0.3, 0.4) is 0 Å². The molecule has 0 atom stereocenters. The molecule has 0 saturated heterocycles. The molecule has 1 aromatic rings. The van der Waals surface area contributed by atoms with Gasteiger partial charge in [0, 0.05) is 10.6 Å². The van der Waals surface area contributed by atoms with Gasteiger partial charge in [0.1, 0.15) is 0 Å². The smallest absolute Gasteiger partial charge is 0.309 e. The third-order valence-corrected chi connectivity index (χ3v) is 2.32. The normalized spacial score (nSPS) is 10.3. The summed E-state index contributed by atoms with van der Waals surface area (Å²) in [6.07, 6.45) is 2.67. The second-order valence-corrected chi connectivity index (χ2v) is 3.45. The van der Waals surface area contributed by atoms with Gasteiger partial charge in [-0.15, -0.1) is 0 Å². The van der Waals surface area contributed by atoms with Crippen molar-refractivity contribution in [2.24, 2.45) is 0 Å². The lowest BCUT2D eigenvalue weighted by atomic mass is 10.1. The van der Waals surface area contributed by atoms with Gasteiger partial charge in [-0.2, -0.15) is 0 Å². The van der Waals surface area contributed by atoms with E-state index in [0.717, 1.165) is 35.5 Å². The number of hydrogen-bond donors (Lipinski definition) is 2. The molecule has 1 heterocycles. The molecule has 0 bridgehead atoms. The van der Waals surface area contributed by atoms with Gasteiger partial charge in [0.15, 0.2) is 0 Å². The minimum absolute atomic E-state index is 0.162. The van der Waals surface area contributed by atoms with Gasteiger partial charge in [-0.25, -0.2) is 4.79 Å². The summed E-state index contributed by atoms with van der Waals surface area (Å²) in [7, 11) is 0. The largest absolute Gasteiger partial charge is 0.323 e. The van der Waals surface area contributed by atoms with Crippen molar-refractivity contribution in [1.82, 2.24) is 9.97 Å². The average molecular weight is 198 g/mol. The summed E-state index contributed by atoms with van der Waals surface area (Å²) < 4.78 is 0. The van der Waals surface area contributed by atoms with Gasteiger partial charge in [-0.05, 0) is 12.8 Å². The minimum Gasteiger partial charge on any atom is -0.309 e. The van der Waals surface area contributed by atoms with Crippen LogP contribution in [0.1, 0.15) is 38.1 Å². The fourth-order valence-corrected chi connectivity index (χ4v) is 1.65. The van der Waals surface area contributed by atoms with E-state index >= 15 is 0 Å². The maximum absolute atomic E-state index is 11.0. The van der Waals surface area contributed by atoms with E-state index in [2.05, 4.69) is 16.9 Å². The second-order valence-electron chi connectivity index (χ2n) is 2.96. The molecule has 0 spiro atoms. The maximum atomic E-state index is 11.0. The van der Waals surface area contributed by atoms with Crippen molar-refractivity contribution in [3.63, 3.8) is 0 Å². The first-order valence-electron chi connectivity index (χ1n) is 4.53. The van der Waals surface area contributed by atoms with Crippen molar-refractivity contribution in [2.75, 3.05) is 0 Å². The van der Waals surface area contributed by atoms with Gasteiger partial charge in [-0.3, -0.25) is 0 Å². The molecule has 0 radical (unpaired) electrons. The third-order valence-electron chi connectivity index (χ3n) is 1.91. The van der Waals surface area contributed by atoms with Crippen LogP contribution in [0.25, 0.3) is 0 Å². The number of hydrogen-bond acceptors (Lipinski definition) is 2. The first-order chi connectivity index (χ1) is 6.19. The fourth-order valence-electron chi connectivity index (χ4n) is 1.28. The molecule has 2 N–H and O–H groups in total. The molecular weight excluding hydrogens is 184 g/mol. The van der Waals surface area contributed by atoms with Gasteiger partial charge in [0.05, 0.1) is 5.69 Å². The van der Waals surface area contributed by atoms with Crippen LogP contribution < -0.4 is 5.69 Å². The van der Waals surface area contributed by atoms with Crippen molar-refractivity contribution in [2.45, 2.75) is 33.1 Å². The monoisotopic (exact) mass is 198 g/mol. The number of imidazole rings is 1. The molecule has 0 aliphatic heterocycles. The summed E-state index contributed by atoms with van der Waals surface area (Å²) in [6, 6.07) is 0. The van der Waals surface area contributed by atoms with Crippen LogP contribution >= 0.6 is 12.2 Å². The van der Waals surface area contributed by atoms with Gasteiger partial charge in [0.25, 0.3) is 0 Å². The number of aromatic amines is 2. The fraction of sp³-hybridized carbons (Fsp3) is 0.556. The van der Waals surface area contributed by atoms with E-state index in [1.807, 2.05) is 6.92 Å². The molecule has 13 heavy (non-hydrogen) atoms. The summed E-state index contributed by atoms with van der Waals surface area (Å²) >= 11 is 5.20. The average Bonchev–Trinajstić information content (AvgIpc) is 2.47. The van der Waals surface area contributed by atoms with Crippen LogP contribution in [-0.2, 0) is 6.42 Å². The van der Waals surface area contributed by atoms with Crippen molar-refractivity contribution in [3.8, 4) is 0 Å². The van der Waals surface area contributed by atoms with E-state index in [4.69, 9.17) is 12.2 Å². The molecule has 0 fully saturated rings. The lowest BCUT2D eigenvalue weighted by molar-refractivity contribution is 0.993. The molecule has 72 valence electrons. The van der Waals surface area contributed by atoms with Crippen LogP contribution in [0, 0.1) is 0 Å². The van der Waals surface area contributed by atoms with Crippen LogP contribution in [0.4, 0.5) is 0 Å². The zero-order chi connectivity index (χ0) is 9.84. The topological polar surface area (TPSA) is 48.6 Å². The molecule has 0 amide bonds. The van der Waals surface area contributed by atoms with Crippen molar-refractivity contribution in [3.05, 3.63) is 21.9 Å². The molecule has 0 aliphatic carbocycles. The first-order valence-corrected chi connectivity index (χ1v) is 4.94. The SMILES string of the molecule is CCCC(=S)c1[nH]c(=O)[nH]c1CC. The van der Waals surface area contributed by atoms with Crippen molar-refractivity contribution in [1.29, 1.82) is 0 Å². The predicted octanol–water partition coefficient (Wildman–Crippen LogP) is 1.78. The summed E-state index contributed by atoms with van der Waals surface area (Å²) in [5.74, 6) is 0. The summed E-state index contributed by atoms with van der Waals surface area (Å²) in [5.41, 5.74) is 1.58. The first kappa shape index (κ1) is 10.2. The number of thiocarbonyl (C=S) groups is 1. The number of aromatic nitrogens is 2. The molecule has 1 aromatic heterocycles. The van der Waals surface area contributed by atoms with Crippen LogP contribution in [-0.4, -0.2) is 14.8 Å². The lowest BCUT2D eigenvalue weighted by Gasteiger charge is -2.00. The highest BCUT2D eigenvalue weighted by atomic mass is 32.1. The van der Waals surface area contributed by atoms with Crippen LogP contribution in [0.5, 0.6) is 0 Å². The Labute approximate surface area is 82.6 Å². The Bertz CT molecular complexity index is 351. The van der Waals surface area contributed by atoms with E-state index in [1.165, 1.54) is 0 Å². The van der Waals surface area contributed by atoms with Crippen molar-refractivity contribution < 1.29 is 0 Å². The molecule has 3 nitrogen and oxygen atoms in total. The number of aryl methyl sites for hydroxylation is 1. The molecule has 0 aromatic carbocycles. The lowest BCUT2D eigenvalue weighted by Crippen LogP contribution is -2.04.